The van der Waals surface area contributed by atoms with Gasteiger partial charge in [0.15, 0.2) is 11.5 Å². The molecule has 6 nitrogen and oxygen atoms in total. The molecular weight excluding hydrogens is 412 g/mol. The Morgan fingerprint density at radius 3 is 2.15 bits per heavy atom. The average molecular weight is 437 g/mol. The van der Waals surface area contributed by atoms with Crippen LogP contribution in [0, 0.1) is 0 Å². The molecule has 1 N–H and O–H groups in total. The number of likely N-dealkylation sites (N-methyl/N-ethyl adjacent to an activating group) is 1. The maximum Gasteiger partial charge on any atom is 0.238 e. The zero-order chi connectivity index (χ0) is 19.8. The van der Waals surface area contributed by atoms with Gasteiger partial charge >= 0.3 is 0 Å². The third-order valence-electron chi connectivity index (χ3n) is 4.06. The molecular formula is C20H25BrN2O4. The van der Waals surface area contributed by atoms with Crippen molar-refractivity contribution in [3.05, 3.63) is 46.4 Å². The lowest BCUT2D eigenvalue weighted by molar-refractivity contribution is -0.117. The Morgan fingerprint density at radius 1 is 1.04 bits per heavy atom. The molecule has 0 unspecified atom stereocenters. The van der Waals surface area contributed by atoms with E-state index in [-0.39, 0.29) is 12.5 Å². The van der Waals surface area contributed by atoms with Crippen molar-refractivity contribution in [3.63, 3.8) is 0 Å². The SMILES string of the molecule is COc1cc(NC(=O)CN(C)CCc2ccc(Br)cc2)cc(OC)c1OC. The first kappa shape index (κ1) is 21.1. The summed E-state index contributed by atoms with van der Waals surface area (Å²) >= 11 is 3.43. The van der Waals surface area contributed by atoms with E-state index in [1.165, 1.54) is 5.56 Å². The number of hydrogen-bond donors (Lipinski definition) is 1. The molecule has 0 aromatic heterocycles. The highest BCUT2D eigenvalue weighted by Crippen LogP contribution is 2.39. The highest BCUT2D eigenvalue weighted by Gasteiger charge is 2.15. The van der Waals surface area contributed by atoms with E-state index in [0.717, 1.165) is 17.4 Å². The summed E-state index contributed by atoms with van der Waals surface area (Å²) in [4.78, 5) is 14.3. The van der Waals surface area contributed by atoms with E-state index in [9.17, 15) is 4.79 Å². The molecule has 0 radical (unpaired) electrons. The first-order chi connectivity index (χ1) is 13.0. The van der Waals surface area contributed by atoms with Crippen molar-refractivity contribution in [2.24, 2.45) is 0 Å². The first-order valence-electron chi connectivity index (χ1n) is 8.49. The van der Waals surface area contributed by atoms with Crippen LogP contribution in [0.2, 0.25) is 0 Å². The second-order valence-corrected chi connectivity index (χ2v) is 6.99. The summed E-state index contributed by atoms with van der Waals surface area (Å²) in [6, 6.07) is 11.6. The molecule has 0 atom stereocenters. The molecule has 2 aromatic carbocycles. The molecule has 7 heteroatoms. The van der Waals surface area contributed by atoms with Crippen LogP contribution in [0.25, 0.3) is 0 Å². The molecule has 27 heavy (non-hydrogen) atoms. The van der Waals surface area contributed by atoms with Crippen LogP contribution < -0.4 is 19.5 Å². The van der Waals surface area contributed by atoms with Gasteiger partial charge in [-0.1, -0.05) is 28.1 Å². The summed E-state index contributed by atoms with van der Waals surface area (Å²) in [6.07, 6.45) is 0.876. The molecule has 0 bridgehead atoms. The summed E-state index contributed by atoms with van der Waals surface area (Å²) in [5, 5.41) is 2.88. The lowest BCUT2D eigenvalue weighted by atomic mass is 10.1. The standard InChI is InChI=1S/C20H25BrN2O4/c1-23(10-9-14-5-7-15(21)8-6-14)13-19(24)22-16-11-17(25-2)20(27-4)18(12-16)26-3/h5-8,11-12H,9-10,13H2,1-4H3,(H,22,24). The van der Waals surface area contributed by atoms with Crippen molar-refractivity contribution in [2.45, 2.75) is 6.42 Å². The number of rotatable bonds is 9. The maximum atomic E-state index is 12.4. The van der Waals surface area contributed by atoms with Crippen molar-refractivity contribution in [2.75, 3.05) is 46.8 Å². The quantitative estimate of drug-likeness (QED) is 0.650. The second kappa shape index (κ2) is 10.2. The van der Waals surface area contributed by atoms with Gasteiger partial charge in [0.1, 0.15) is 0 Å². The van der Waals surface area contributed by atoms with E-state index in [1.807, 2.05) is 24.1 Å². The largest absolute Gasteiger partial charge is 0.493 e. The predicted molar refractivity (Wildman–Crippen MR) is 110 cm³/mol. The summed E-state index contributed by atoms with van der Waals surface area (Å²) in [6.45, 7) is 1.07. The summed E-state index contributed by atoms with van der Waals surface area (Å²) in [5.41, 5.74) is 1.82. The number of nitrogens with zero attached hydrogens (tertiary/aromatic N) is 1. The fourth-order valence-electron chi connectivity index (χ4n) is 2.65. The van der Waals surface area contributed by atoms with Crippen LogP contribution in [0.1, 0.15) is 5.56 Å². The third kappa shape index (κ3) is 6.15. The summed E-state index contributed by atoms with van der Waals surface area (Å²) in [5.74, 6) is 1.37. The van der Waals surface area contributed by atoms with Crippen molar-refractivity contribution < 1.29 is 19.0 Å². The molecule has 0 aliphatic rings. The van der Waals surface area contributed by atoms with Crippen LogP contribution in [-0.2, 0) is 11.2 Å². The van der Waals surface area contributed by atoms with Gasteiger partial charge in [0.25, 0.3) is 0 Å². The molecule has 2 aromatic rings. The van der Waals surface area contributed by atoms with E-state index in [1.54, 1.807) is 33.5 Å². The number of carbonyl (C=O) groups is 1. The normalized spacial score (nSPS) is 10.6. The van der Waals surface area contributed by atoms with Crippen LogP contribution in [0.5, 0.6) is 17.2 Å². The Balaban J connectivity index is 1.93. The van der Waals surface area contributed by atoms with E-state index >= 15 is 0 Å². The lowest BCUT2D eigenvalue weighted by Crippen LogP contribution is -2.31. The third-order valence-corrected chi connectivity index (χ3v) is 4.59. The molecule has 0 saturated heterocycles. The summed E-state index contributed by atoms with van der Waals surface area (Å²) < 4.78 is 17.0. The zero-order valence-corrected chi connectivity index (χ0v) is 17.6. The number of ether oxygens (including phenoxy) is 3. The number of hydrogen-bond acceptors (Lipinski definition) is 5. The van der Waals surface area contributed by atoms with Gasteiger partial charge in [-0.15, -0.1) is 0 Å². The minimum absolute atomic E-state index is 0.109. The molecule has 2 rings (SSSR count). The smallest absolute Gasteiger partial charge is 0.238 e. The van der Waals surface area contributed by atoms with Crippen LogP contribution in [0.15, 0.2) is 40.9 Å². The minimum atomic E-state index is -0.109. The maximum absolute atomic E-state index is 12.4. The second-order valence-electron chi connectivity index (χ2n) is 6.08. The van der Waals surface area contributed by atoms with Gasteiger partial charge < -0.3 is 19.5 Å². The Morgan fingerprint density at radius 2 is 1.63 bits per heavy atom. The van der Waals surface area contributed by atoms with E-state index in [2.05, 4.69) is 33.4 Å². The highest BCUT2D eigenvalue weighted by molar-refractivity contribution is 9.10. The topological polar surface area (TPSA) is 60.0 Å². The number of amides is 1. The molecule has 0 fully saturated rings. The molecule has 0 heterocycles. The van der Waals surface area contributed by atoms with E-state index < -0.39 is 0 Å². The van der Waals surface area contributed by atoms with Crippen molar-refractivity contribution >= 4 is 27.5 Å². The number of nitrogens with one attached hydrogen (secondary N) is 1. The molecule has 0 spiro atoms. The molecule has 146 valence electrons. The molecule has 1 amide bonds. The zero-order valence-electron chi connectivity index (χ0n) is 16.0. The Hall–Kier alpha value is -2.25. The van der Waals surface area contributed by atoms with Crippen LogP contribution in [0.4, 0.5) is 5.69 Å². The fourth-order valence-corrected chi connectivity index (χ4v) is 2.91. The van der Waals surface area contributed by atoms with Crippen molar-refractivity contribution in [3.8, 4) is 17.2 Å². The monoisotopic (exact) mass is 436 g/mol. The Bertz CT molecular complexity index is 740. The fraction of sp³-hybridized carbons (Fsp3) is 0.350. The summed E-state index contributed by atoms with van der Waals surface area (Å²) in [7, 11) is 6.55. The van der Waals surface area contributed by atoms with Gasteiger partial charge in [-0.2, -0.15) is 0 Å². The first-order valence-corrected chi connectivity index (χ1v) is 9.29. The molecule has 0 aliphatic carbocycles. The van der Waals surface area contributed by atoms with Crippen LogP contribution in [0.3, 0.4) is 0 Å². The van der Waals surface area contributed by atoms with E-state index in [4.69, 9.17) is 14.2 Å². The number of benzene rings is 2. The van der Waals surface area contributed by atoms with Crippen molar-refractivity contribution in [1.29, 1.82) is 0 Å². The Labute approximate surface area is 168 Å². The van der Waals surface area contributed by atoms with Crippen LogP contribution in [-0.4, -0.2) is 52.3 Å². The average Bonchev–Trinajstić information content (AvgIpc) is 2.66. The van der Waals surface area contributed by atoms with Gasteiger partial charge in [0.05, 0.1) is 27.9 Å². The van der Waals surface area contributed by atoms with Gasteiger partial charge in [0, 0.05) is 28.8 Å². The number of halogens is 1. The molecule has 0 aliphatic heterocycles. The van der Waals surface area contributed by atoms with Gasteiger partial charge in [0.2, 0.25) is 11.7 Å². The molecule has 0 saturated carbocycles. The van der Waals surface area contributed by atoms with Crippen molar-refractivity contribution in [1.82, 2.24) is 4.90 Å². The van der Waals surface area contributed by atoms with Gasteiger partial charge in [-0.05, 0) is 31.2 Å². The number of carbonyl (C=O) groups excluding carboxylic acids is 1. The number of methoxy groups -OCH3 is 3. The predicted octanol–water partition coefficient (Wildman–Crippen LogP) is 3.59. The van der Waals surface area contributed by atoms with Gasteiger partial charge in [-0.3, -0.25) is 9.69 Å². The lowest BCUT2D eigenvalue weighted by Gasteiger charge is -2.18. The minimum Gasteiger partial charge on any atom is -0.493 e. The van der Waals surface area contributed by atoms with Gasteiger partial charge in [-0.25, -0.2) is 0 Å². The Kier molecular flexibility index (Phi) is 7.94. The van der Waals surface area contributed by atoms with E-state index in [0.29, 0.717) is 22.9 Å². The van der Waals surface area contributed by atoms with Crippen LogP contribution >= 0.6 is 15.9 Å². The highest BCUT2D eigenvalue weighted by atomic mass is 79.9. The number of anilines is 1.